The monoisotopic (exact) mass is 215 g/mol. The number of nitrogens with one attached hydrogen (secondary N) is 1. The molecule has 0 aliphatic heterocycles. The largest absolute Gasteiger partial charge is 0.311 e. The molecule has 1 unspecified atom stereocenters. The molecule has 0 spiro atoms. The maximum Gasteiger partial charge on any atom is 0.0134 e. The van der Waals surface area contributed by atoms with Crippen LogP contribution in [0, 0.1) is 0 Å². The molecular formula is C15H21N. The first-order chi connectivity index (χ1) is 7.83. The summed E-state index contributed by atoms with van der Waals surface area (Å²) in [5.74, 6) is 0. The number of rotatable bonds is 7. The molecule has 1 aromatic rings. The molecule has 1 rings (SSSR count). The fourth-order valence-electron chi connectivity index (χ4n) is 1.52. The molecule has 0 amide bonds. The van der Waals surface area contributed by atoms with Crippen molar-refractivity contribution >= 4 is 6.08 Å². The van der Waals surface area contributed by atoms with Crippen molar-refractivity contribution in [2.75, 3.05) is 6.54 Å². The molecule has 0 aliphatic rings. The summed E-state index contributed by atoms with van der Waals surface area (Å²) in [5, 5.41) is 3.38. The molecule has 1 nitrogen and oxygen atoms in total. The predicted molar refractivity (Wildman–Crippen MR) is 72.4 cm³/mol. The molecule has 86 valence electrons. The van der Waals surface area contributed by atoms with Crippen LogP contribution in [0.4, 0.5) is 0 Å². The van der Waals surface area contributed by atoms with E-state index in [1.165, 1.54) is 5.56 Å². The average molecular weight is 215 g/mol. The van der Waals surface area contributed by atoms with E-state index in [-0.39, 0.29) is 0 Å². The molecule has 0 heterocycles. The molecule has 0 aliphatic carbocycles. The van der Waals surface area contributed by atoms with E-state index in [0.29, 0.717) is 6.04 Å². The van der Waals surface area contributed by atoms with E-state index in [2.05, 4.69) is 55.2 Å². The van der Waals surface area contributed by atoms with Gasteiger partial charge in [-0.15, -0.1) is 6.58 Å². The van der Waals surface area contributed by atoms with E-state index < -0.39 is 0 Å². The second-order valence-corrected chi connectivity index (χ2v) is 3.99. The van der Waals surface area contributed by atoms with Crippen molar-refractivity contribution in [1.82, 2.24) is 5.32 Å². The standard InChI is InChI=1S/C15H21N/c1-3-13-16-14(2)9-7-8-12-15-10-5-4-6-11-15/h3-6,8,10-12,14,16H,1,7,9,13H2,2H3/b12-8+. The average Bonchev–Trinajstić information content (AvgIpc) is 2.33. The van der Waals surface area contributed by atoms with Gasteiger partial charge in [-0.05, 0) is 25.3 Å². The van der Waals surface area contributed by atoms with Gasteiger partial charge in [-0.1, -0.05) is 48.6 Å². The Kier molecular flexibility index (Phi) is 6.28. The van der Waals surface area contributed by atoms with E-state index in [9.17, 15) is 0 Å². The summed E-state index contributed by atoms with van der Waals surface area (Å²) in [6.45, 7) is 6.79. The number of hydrogen-bond acceptors (Lipinski definition) is 1. The summed E-state index contributed by atoms with van der Waals surface area (Å²) in [5.41, 5.74) is 1.27. The lowest BCUT2D eigenvalue weighted by Gasteiger charge is -2.09. The molecule has 0 saturated heterocycles. The Morgan fingerprint density at radius 2 is 2.06 bits per heavy atom. The zero-order valence-corrected chi connectivity index (χ0v) is 10.0. The molecule has 1 atom stereocenters. The van der Waals surface area contributed by atoms with Crippen molar-refractivity contribution in [3.8, 4) is 0 Å². The van der Waals surface area contributed by atoms with Crippen molar-refractivity contribution < 1.29 is 0 Å². The van der Waals surface area contributed by atoms with Crippen LogP contribution in [0.1, 0.15) is 25.3 Å². The van der Waals surface area contributed by atoms with Crippen molar-refractivity contribution in [2.24, 2.45) is 0 Å². The summed E-state index contributed by atoms with van der Waals surface area (Å²) < 4.78 is 0. The summed E-state index contributed by atoms with van der Waals surface area (Å²) in [6, 6.07) is 11.0. The lowest BCUT2D eigenvalue weighted by Crippen LogP contribution is -2.25. The number of benzene rings is 1. The normalized spacial score (nSPS) is 12.8. The molecule has 1 heteroatoms. The third kappa shape index (κ3) is 5.52. The van der Waals surface area contributed by atoms with Crippen LogP contribution in [-0.2, 0) is 0 Å². The topological polar surface area (TPSA) is 12.0 Å². The highest BCUT2D eigenvalue weighted by Crippen LogP contribution is 2.04. The third-order valence-corrected chi connectivity index (χ3v) is 2.49. The van der Waals surface area contributed by atoms with Crippen LogP contribution in [0.25, 0.3) is 6.08 Å². The van der Waals surface area contributed by atoms with E-state index in [0.717, 1.165) is 19.4 Å². The van der Waals surface area contributed by atoms with Crippen molar-refractivity contribution in [1.29, 1.82) is 0 Å². The smallest absolute Gasteiger partial charge is 0.0134 e. The van der Waals surface area contributed by atoms with Crippen LogP contribution in [-0.4, -0.2) is 12.6 Å². The van der Waals surface area contributed by atoms with E-state index in [4.69, 9.17) is 0 Å². The first-order valence-electron chi connectivity index (χ1n) is 5.89. The highest BCUT2D eigenvalue weighted by atomic mass is 14.9. The minimum absolute atomic E-state index is 0.554. The number of hydrogen-bond donors (Lipinski definition) is 1. The zero-order chi connectivity index (χ0) is 11.6. The third-order valence-electron chi connectivity index (χ3n) is 2.49. The quantitative estimate of drug-likeness (QED) is 0.685. The first-order valence-corrected chi connectivity index (χ1v) is 5.89. The second-order valence-electron chi connectivity index (χ2n) is 3.99. The molecular weight excluding hydrogens is 194 g/mol. The van der Waals surface area contributed by atoms with Gasteiger partial charge in [0.1, 0.15) is 0 Å². The SMILES string of the molecule is C=CCNC(C)CC/C=C/c1ccccc1. The number of allylic oxidation sites excluding steroid dienone is 1. The van der Waals surface area contributed by atoms with Gasteiger partial charge in [0.2, 0.25) is 0 Å². The van der Waals surface area contributed by atoms with Crippen molar-refractivity contribution in [3.63, 3.8) is 0 Å². The van der Waals surface area contributed by atoms with Crippen molar-refractivity contribution in [3.05, 3.63) is 54.6 Å². The molecule has 0 aromatic heterocycles. The molecule has 0 radical (unpaired) electrons. The van der Waals surface area contributed by atoms with Crippen LogP contribution < -0.4 is 5.32 Å². The molecule has 16 heavy (non-hydrogen) atoms. The fourth-order valence-corrected chi connectivity index (χ4v) is 1.52. The van der Waals surface area contributed by atoms with Gasteiger partial charge < -0.3 is 5.32 Å². The van der Waals surface area contributed by atoms with Crippen LogP contribution in [0.15, 0.2) is 49.1 Å². The molecule has 1 N–H and O–H groups in total. The van der Waals surface area contributed by atoms with Crippen LogP contribution >= 0.6 is 0 Å². The van der Waals surface area contributed by atoms with Gasteiger partial charge in [0.25, 0.3) is 0 Å². The zero-order valence-electron chi connectivity index (χ0n) is 10.0. The molecule has 0 fully saturated rings. The minimum atomic E-state index is 0.554. The maximum atomic E-state index is 3.69. The summed E-state index contributed by atoms with van der Waals surface area (Å²) in [4.78, 5) is 0. The van der Waals surface area contributed by atoms with Gasteiger partial charge >= 0.3 is 0 Å². The Morgan fingerprint density at radius 1 is 1.31 bits per heavy atom. The van der Waals surface area contributed by atoms with Gasteiger partial charge in [-0.25, -0.2) is 0 Å². The highest BCUT2D eigenvalue weighted by Gasteiger charge is 1.96. The maximum absolute atomic E-state index is 3.69. The van der Waals surface area contributed by atoms with E-state index in [1.54, 1.807) is 0 Å². The lowest BCUT2D eigenvalue weighted by molar-refractivity contribution is 0.548. The summed E-state index contributed by atoms with van der Waals surface area (Å²) >= 11 is 0. The Morgan fingerprint density at radius 3 is 2.75 bits per heavy atom. The lowest BCUT2D eigenvalue weighted by atomic mass is 10.1. The molecule has 0 saturated carbocycles. The Labute approximate surface area is 98.9 Å². The van der Waals surface area contributed by atoms with Gasteiger partial charge in [0, 0.05) is 12.6 Å². The van der Waals surface area contributed by atoms with Gasteiger partial charge in [-0.3, -0.25) is 0 Å². The van der Waals surface area contributed by atoms with Crippen LogP contribution in [0.2, 0.25) is 0 Å². The first kappa shape index (κ1) is 12.7. The minimum Gasteiger partial charge on any atom is -0.311 e. The Hall–Kier alpha value is -1.34. The van der Waals surface area contributed by atoms with E-state index in [1.807, 2.05) is 12.1 Å². The van der Waals surface area contributed by atoms with Gasteiger partial charge in [0.15, 0.2) is 0 Å². The Bertz CT molecular complexity index is 313. The predicted octanol–water partition coefficient (Wildman–Crippen LogP) is 3.64. The summed E-state index contributed by atoms with van der Waals surface area (Å²) in [7, 11) is 0. The Balaban J connectivity index is 2.20. The van der Waals surface area contributed by atoms with Crippen molar-refractivity contribution in [2.45, 2.75) is 25.8 Å². The highest BCUT2D eigenvalue weighted by molar-refractivity contribution is 5.48. The van der Waals surface area contributed by atoms with Crippen LogP contribution in [0.5, 0.6) is 0 Å². The fraction of sp³-hybridized carbons (Fsp3) is 0.333. The second kappa shape index (κ2) is 7.89. The van der Waals surface area contributed by atoms with Gasteiger partial charge in [0.05, 0.1) is 0 Å². The molecule has 1 aromatic carbocycles. The van der Waals surface area contributed by atoms with Crippen LogP contribution in [0.3, 0.4) is 0 Å². The summed E-state index contributed by atoms with van der Waals surface area (Å²) in [6.07, 6.45) is 8.59. The molecule has 0 bridgehead atoms. The van der Waals surface area contributed by atoms with Gasteiger partial charge in [-0.2, -0.15) is 0 Å². The van der Waals surface area contributed by atoms with E-state index >= 15 is 0 Å².